The minimum absolute atomic E-state index is 0.0360. The lowest BCUT2D eigenvalue weighted by atomic mass is 10.4. The van der Waals surface area contributed by atoms with Gasteiger partial charge in [-0.1, -0.05) is 0 Å². The van der Waals surface area contributed by atoms with Crippen LogP contribution >= 0.6 is 7.60 Å². The van der Waals surface area contributed by atoms with Gasteiger partial charge in [-0.2, -0.15) is 4.98 Å². The van der Waals surface area contributed by atoms with E-state index in [-0.39, 0.29) is 37.4 Å². The molecule has 2 rings (SSSR count). The van der Waals surface area contributed by atoms with Crippen molar-refractivity contribution in [2.75, 3.05) is 67.7 Å². The summed E-state index contributed by atoms with van der Waals surface area (Å²) in [6.07, 6.45) is -0.365. The van der Waals surface area contributed by atoms with E-state index in [9.17, 15) is 23.9 Å². The van der Waals surface area contributed by atoms with Crippen LogP contribution in [0.1, 0.15) is 20.8 Å². The molecule has 0 unspecified atom stereocenters. The Hall–Kier alpha value is -2.14. The van der Waals surface area contributed by atoms with E-state index in [2.05, 4.69) is 4.98 Å². The quantitative estimate of drug-likeness (QED) is 0.297. The number of carbonyl (C=O) groups excluding carboxylic acids is 1. The maximum Gasteiger partial charge on any atom is 0.326 e. The van der Waals surface area contributed by atoms with Gasteiger partial charge >= 0.3 is 13.6 Å². The first-order valence-corrected chi connectivity index (χ1v) is 11.7. The Morgan fingerprint density at radius 2 is 1.93 bits per heavy atom. The lowest BCUT2D eigenvalue weighted by molar-refractivity contribution is -0.144. The fraction of sp³-hybridized carbons (Fsp3) is 0.706. The van der Waals surface area contributed by atoms with Gasteiger partial charge in [0.05, 0.1) is 26.0 Å². The van der Waals surface area contributed by atoms with E-state index in [0.717, 1.165) is 0 Å². The Balaban J connectivity index is 2.18. The summed E-state index contributed by atoms with van der Waals surface area (Å²) in [5.41, 5.74) is 6.24. The number of aromatic nitrogens is 2. The van der Waals surface area contributed by atoms with Gasteiger partial charge in [-0.15, -0.1) is 0 Å². The highest BCUT2D eigenvalue weighted by molar-refractivity contribution is 7.51. The Morgan fingerprint density at radius 1 is 1.23 bits per heavy atom. The van der Waals surface area contributed by atoms with Gasteiger partial charge in [0.25, 0.3) is 5.56 Å². The fourth-order valence-corrected chi connectivity index (χ4v) is 3.87. The van der Waals surface area contributed by atoms with Crippen molar-refractivity contribution in [1.29, 1.82) is 0 Å². The van der Waals surface area contributed by atoms with Crippen molar-refractivity contribution in [3.05, 3.63) is 10.4 Å². The third-order valence-corrected chi connectivity index (χ3v) is 5.65. The summed E-state index contributed by atoms with van der Waals surface area (Å²) < 4.78 is 17.6. The van der Waals surface area contributed by atoms with E-state index in [4.69, 9.17) is 10.5 Å². The van der Waals surface area contributed by atoms with Gasteiger partial charge in [0.15, 0.2) is 5.82 Å². The van der Waals surface area contributed by atoms with Crippen LogP contribution in [-0.2, 0) is 20.6 Å². The zero-order valence-corrected chi connectivity index (χ0v) is 18.5. The van der Waals surface area contributed by atoms with Crippen molar-refractivity contribution in [2.24, 2.45) is 0 Å². The average Bonchev–Trinajstić information content (AvgIpc) is 3.01. The number of anilines is 3. The number of hydrogen-bond donors (Lipinski definition) is 3. The van der Waals surface area contributed by atoms with E-state index in [0.29, 0.717) is 44.4 Å². The standard InChI is InChI=1S/C17H31N6O6P/c1-4-21-12-22(15-14(21)16(25)23(5-2)17(18)19-15)8-7-20(9-10-30(26,27)28)11-13(24)29-6-3/h4-12H2,1-3H3,(H2,18,19)(H2,26,27,28). The Kier molecular flexibility index (Phi) is 8.25. The lowest BCUT2D eigenvalue weighted by Gasteiger charge is -2.26. The molecule has 4 N–H and O–H groups in total. The minimum atomic E-state index is -4.21. The molecule has 1 aliphatic heterocycles. The Morgan fingerprint density at radius 3 is 2.50 bits per heavy atom. The van der Waals surface area contributed by atoms with Crippen molar-refractivity contribution in [3.8, 4) is 0 Å². The van der Waals surface area contributed by atoms with Gasteiger partial charge in [0.1, 0.15) is 5.69 Å². The molecule has 0 saturated heterocycles. The summed E-state index contributed by atoms with van der Waals surface area (Å²) in [4.78, 5) is 52.9. The smallest absolute Gasteiger partial charge is 0.326 e. The molecule has 170 valence electrons. The predicted octanol–water partition coefficient (Wildman–Crippen LogP) is -0.508. The van der Waals surface area contributed by atoms with Crippen LogP contribution in [0.3, 0.4) is 0 Å². The van der Waals surface area contributed by atoms with Crippen molar-refractivity contribution < 1.29 is 23.9 Å². The molecule has 2 heterocycles. The molecule has 0 spiro atoms. The van der Waals surface area contributed by atoms with Gasteiger partial charge in [-0.05, 0) is 20.8 Å². The first-order chi connectivity index (χ1) is 14.1. The molecule has 0 atom stereocenters. The van der Waals surface area contributed by atoms with E-state index < -0.39 is 13.6 Å². The van der Waals surface area contributed by atoms with Gasteiger partial charge in [0, 0.05) is 32.7 Å². The largest absolute Gasteiger partial charge is 0.465 e. The van der Waals surface area contributed by atoms with Crippen LogP contribution in [-0.4, -0.2) is 82.4 Å². The predicted molar refractivity (Wildman–Crippen MR) is 114 cm³/mol. The molecule has 1 aromatic rings. The third kappa shape index (κ3) is 5.94. The number of nitrogens with two attached hydrogens (primary N) is 1. The SMILES string of the molecule is CCOC(=O)CN(CCN1CN(CC)c2c1nc(N)n(CC)c2=O)CCP(=O)(O)O. The number of esters is 1. The summed E-state index contributed by atoms with van der Waals surface area (Å²) in [7, 11) is -4.21. The molecule has 0 aliphatic carbocycles. The maximum absolute atomic E-state index is 12.8. The fourth-order valence-electron chi connectivity index (χ4n) is 3.32. The minimum Gasteiger partial charge on any atom is -0.465 e. The number of carbonyl (C=O) groups is 1. The Labute approximate surface area is 175 Å². The summed E-state index contributed by atoms with van der Waals surface area (Å²) in [6, 6.07) is 0. The topological polar surface area (TPSA) is 154 Å². The molecule has 30 heavy (non-hydrogen) atoms. The van der Waals surface area contributed by atoms with Gasteiger partial charge in [-0.25, -0.2) is 0 Å². The van der Waals surface area contributed by atoms with Crippen molar-refractivity contribution in [3.63, 3.8) is 0 Å². The van der Waals surface area contributed by atoms with Crippen LogP contribution < -0.4 is 21.1 Å². The zero-order chi connectivity index (χ0) is 22.5. The number of ether oxygens (including phenoxy) is 1. The molecule has 0 saturated carbocycles. The van der Waals surface area contributed by atoms with E-state index in [1.807, 2.05) is 23.6 Å². The van der Waals surface area contributed by atoms with E-state index >= 15 is 0 Å². The molecule has 0 amide bonds. The van der Waals surface area contributed by atoms with Crippen molar-refractivity contribution in [1.82, 2.24) is 14.5 Å². The molecule has 13 heteroatoms. The second kappa shape index (κ2) is 10.3. The van der Waals surface area contributed by atoms with Crippen LogP contribution in [0.15, 0.2) is 4.79 Å². The number of fused-ring (bicyclic) bond motifs is 1. The van der Waals surface area contributed by atoms with Crippen molar-refractivity contribution in [2.45, 2.75) is 27.3 Å². The van der Waals surface area contributed by atoms with Crippen LogP contribution in [0.25, 0.3) is 0 Å². The second-order valence-electron chi connectivity index (χ2n) is 6.92. The lowest BCUT2D eigenvalue weighted by Crippen LogP contribution is -2.41. The first-order valence-electron chi connectivity index (χ1n) is 9.93. The highest BCUT2D eigenvalue weighted by Crippen LogP contribution is 2.34. The molecular formula is C17H31N6O6P. The third-order valence-electron chi connectivity index (χ3n) is 4.86. The molecule has 1 aromatic heterocycles. The van der Waals surface area contributed by atoms with E-state index in [1.165, 1.54) is 4.57 Å². The average molecular weight is 446 g/mol. The molecule has 0 radical (unpaired) electrons. The number of rotatable bonds is 11. The number of hydrogen-bond acceptors (Lipinski definition) is 9. The van der Waals surface area contributed by atoms with Crippen molar-refractivity contribution >= 4 is 31.0 Å². The first kappa shape index (κ1) is 24.1. The normalized spacial score (nSPS) is 13.8. The molecule has 0 bridgehead atoms. The monoisotopic (exact) mass is 446 g/mol. The molecule has 0 aromatic carbocycles. The number of nitrogens with zero attached hydrogens (tertiary/aromatic N) is 5. The van der Waals surface area contributed by atoms with Crippen LogP contribution in [0, 0.1) is 0 Å². The molecular weight excluding hydrogens is 415 g/mol. The zero-order valence-electron chi connectivity index (χ0n) is 17.7. The summed E-state index contributed by atoms with van der Waals surface area (Å²) >= 11 is 0. The number of nitrogen functional groups attached to an aromatic ring is 1. The highest BCUT2D eigenvalue weighted by atomic mass is 31.2. The molecule has 1 aliphatic rings. The molecule has 0 fully saturated rings. The summed E-state index contributed by atoms with van der Waals surface area (Å²) in [5, 5.41) is 0. The summed E-state index contributed by atoms with van der Waals surface area (Å²) in [6.45, 7) is 7.81. The van der Waals surface area contributed by atoms with E-state index in [1.54, 1.807) is 11.8 Å². The highest BCUT2D eigenvalue weighted by Gasteiger charge is 2.31. The van der Waals surface area contributed by atoms with Gasteiger partial charge in [-0.3, -0.25) is 23.6 Å². The summed E-state index contributed by atoms with van der Waals surface area (Å²) in [5.74, 6) is 0.151. The Bertz CT molecular complexity index is 856. The van der Waals surface area contributed by atoms with Crippen LogP contribution in [0.5, 0.6) is 0 Å². The second-order valence-corrected chi connectivity index (χ2v) is 8.70. The van der Waals surface area contributed by atoms with Gasteiger partial charge < -0.3 is 30.1 Å². The van der Waals surface area contributed by atoms with Crippen LogP contribution in [0.4, 0.5) is 17.5 Å². The van der Waals surface area contributed by atoms with Gasteiger partial charge in [0.2, 0.25) is 5.95 Å². The van der Waals surface area contributed by atoms with Crippen LogP contribution in [0.2, 0.25) is 0 Å². The maximum atomic E-state index is 12.8. The molecule has 12 nitrogen and oxygen atoms in total.